The summed E-state index contributed by atoms with van der Waals surface area (Å²) in [6.45, 7) is 6.87. The number of nitrogens with zero attached hydrogens (tertiary/aromatic N) is 4. The summed E-state index contributed by atoms with van der Waals surface area (Å²) in [4.78, 5) is 21.6. The molecule has 0 radical (unpaired) electrons. The van der Waals surface area contributed by atoms with E-state index in [9.17, 15) is 9.35 Å². The number of hydrogen-bond acceptors (Lipinski definition) is 9. The monoisotopic (exact) mass is 641 g/mol. The summed E-state index contributed by atoms with van der Waals surface area (Å²) in [6, 6.07) is 10.0. The second-order valence-corrected chi connectivity index (χ2v) is 14.0. The molecule has 1 amide bonds. The molecule has 236 valence electrons. The topological polar surface area (TPSA) is 138 Å². The van der Waals surface area contributed by atoms with Crippen LogP contribution in [0.1, 0.15) is 62.7 Å². The van der Waals surface area contributed by atoms with Gasteiger partial charge in [-0.15, -0.1) is 5.10 Å². The van der Waals surface area contributed by atoms with E-state index in [4.69, 9.17) is 21.1 Å². The molecule has 2 aliphatic carbocycles. The van der Waals surface area contributed by atoms with Crippen molar-refractivity contribution in [1.82, 2.24) is 29.8 Å². The Balaban J connectivity index is 0.975. The van der Waals surface area contributed by atoms with Crippen molar-refractivity contribution in [2.75, 3.05) is 31.6 Å². The second-order valence-electron chi connectivity index (χ2n) is 12.5. The summed E-state index contributed by atoms with van der Waals surface area (Å²) in [5.41, 5.74) is 0.187. The minimum atomic E-state index is -1.90. The SMILES string of the molecule is CC1(C)CC(OCCNc2cccc([S+]([O-])NC(=O)c3ccc(-n4ccc(OCCC(C5CC5)C5CC5)n4)nc3Cl)n2)CN1. The molecule has 6 rings (SSSR count). The van der Waals surface area contributed by atoms with Crippen LogP contribution in [0.3, 0.4) is 0 Å². The van der Waals surface area contributed by atoms with E-state index in [1.54, 1.807) is 41.2 Å². The van der Waals surface area contributed by atoms with Crippen LogP contribution in [-0.4, -0.2) is 68.2 Å². The van der Waals surface area contributed by atoms with Crippen LogP contribution in [0, 0.1) is 17.8 Å². The zero-order valence-corrected chi connectivity index (χ0v) is 26.7. The number of halogens is 1. The first-order valence-electron chi connectivity index (χ1n) is 15.4. The Kier molecular flexibility index (Phi) is 9.62. The van der Waals surface area contributed by atoms with E-state index in [2.05, 4.69) is 44.3 Å². The lowest BCUT2D eigenvalue weighted by molar-refractivity contribution is 0.0706. The van der Waals surface area contributed by atoms with Gasteiger partial charge in [-0.1, -0.05) is 17.7 Å². The maximum absolute atomic E-state index is 12.9. The molecule has 3 aromatic heterocycles. The number of amides is 1. The third kappa shape index (κ3) is 8.22. The van der Waals surface area contributed by atoms with Gasteiger partial charge in [0, 0.05) is 37.0 Å². The Hall–Kier alpha value is -2.90. The van der Waals surface area contributed by atoms with Gasteiger partial charge in [0.1, 0.15) is 22.3 Å². The smallest absolute Gasteiger partial charge is 0.295 e. The quantitative estimate of drug-likeness (QED) is 0.124. The number of rotatable bonds is 15. The molecule has 3 N–H and O–H groups in total. The van der Waals surface area contributed by atoms with Crippen LogP contribution in [0.25, 0.3) is 5.82 Å². The van der Waals surface area contributed by atoms with Gasteiger partial charge in [-0.2, -0.15) is 9.71 Å². The fourth-order valence-corrected chi connectivity index (χ4v) is 6.87. The molecule has 13 heteroatoms. The fourth-order valence-electron chi connectivity index (χ4n) is 5.87. The summed E-state index contributed by atoms with van der Waals surface area (Å²) < 4.78 is 28.8. The summed E-state index contributed by atoms with van der Waals surface area (Å²) >= 11 is 4.47. The Morgan fingerprint density at radius 1 is 1.16 bits per heavy atom. The van der Waals surface area contributed by atoms with Crippen molar-refractivity contribution in [2.24, 2.45) is 17.8 Å². The Bertz CT molecular complexity index is 1440. The lowest BCUT2D eigenvalue weighted by atomic mass is 9.95. The molecule has 1 aliphatic heterocycles. The van der Waals surface area contributed by atoms with Crippen molar-refractivity contribution in [3.63, 3.8) is 0 Å². The predicted octanol–water partition coefficient (Wildman–Crippen LogP) is 4.54. The third-order valence-corrected chi connectivity index (χ3v) is 9.71. The number of nitrogens with one attached hydrogen (secondary N) is 3. The normalized spacial score (nSPS) is 20.1. The molecule has 2 saturated carbocycles. The van der Waals surface area contributed by atoms with E-state index < -0.39 is 17.3 Å². The molecule has 0 bridgehead atoms. The van der Waals surface area contributed by atoms with Gasteiger partial charge in [0.15, 0.2) is 5.82 Å². The first kappa shape index (κ1) is 31.1. The number of anilines is 1. The predicted molar refractivity (Wildman–Crippen MR) is 168 cm³/mol. The molecule has 3 aliphatic rings. The molecular formula is C31H40ClN7O4S. The molecule has 0 aromatic carbocycles. The minimum Gasteiger partial charge on any atom is -0.587 e. The molecular weight excluding hydrogens is 602 g/mol. The number of carbonyl (C=O) groups is 1. The average molecular weight is 642 g/mol. The van der Waals surface area contributed by atoms with E-state index >= 15 is 0 Å². The van der Waals surface area contributed by atoms with Gasteiger partial charge in [-0.3, -0.25) is 4.79 Å². The maximum atomic E-state index is 12.9. The van der Waals surface area contributed by atoms with Crippen molar-refractivity contribution in [3.05, 3.63) is 53.3 Å². The fraction of sp³-hybridized carbons (Fsp3) is 0.548. The molecule has 1 saturated heterocycles. The van der Waals surface area contributed by atoms with Crippen LogP contribution >= 0.6 is 11.6 Å². The van der Waals surface area contributed by atoms with Gasteiger partial charge in [0.2, 0.25) is 5.88 Å². The van der Waals surface area contributed by atoms with Crippen LogP contribution in [0.4, 0.5) is 5.82 Å². The van der Waals surface area contributed by atoms with Crippen LogP contribution < -0.4 is 20.1 Å². The van der Waals surface area contributed by atoms with Crippen molar-refractivity contribution in [3.8, 4) is 11.7 Å². The zero-order valence-electron chi connectivity index (χ0n) is 25.1. The van der Waals surface area contributed by atoms with E-state index in [0.717, 1.165) is 37.1 Å². The van der Waals surface area contributed by atoms with Gasteiger partial charge < -0.3 is 24.7 Å². The number of pyridine rings is 2. The minimum absolute atomic E-state index is 0.0316. The van der Waals surface area contributed by atoms with E-state index in [1.807, 2.05) is 0 Å². The first-order valence-corrected chi connectivity index (χ1v) is 16.9. The second kappa shape index (κ2) is 13.6. The lowest BCUT2D eigenvalue weighted by Gasteiger charge is -2.17. The van der Waals surface area contributed by atoms with Gasteiger partial charge >= 0.3 is 0 Å². The largest absolute Gasteiger partial charge is 0.587 e. The van der Waals surface area contributed by atoms with Crippen LogP contribution in [0.5, 0.6) is 5.88 Å². The Morgan fingerprint density at radius 2 is 1.95 bits per heavy atom. The van der Waals surface area contributed by atoms with Crippen molar-refractivity contribution >= 4 is 34.7 Å². The van der Waals surface area contributed by atoms with Crippen LogP contribution in [0.15, 0.2) is 47.6 Å². The number of carbonyl (C=O) groups excluding carboxylic acids is 1. The zero-order chi connectivity index (χ0) is 30.7. The summed E-state index contributed by atoms with van der Waals surface area (Å²) in [5.74, 6) is 3.45. The molecule has 11 nitrogen and oxygen atoms in total. The van der Waals surface area contributed by atoms with Crippen molar-refractivity contribution in [2.45, 2.75) is 69.0 Å². The van der Waals surface area contributed by atoms with Gasteiger partial charge in [0.25, 0.3) is 10.9 Å². The number of aromatic nitrogens is 4. The highest BCUT2D eigenvalue weighted by Gasteiger charge is 2.41. The summed E-state index contributed by atoms with van der Waals surface area (Å²) in [5, 5.41) is 11.3. The highest BCUT2D eigenvalue weighted by Crippen LogP contribution is 2.50. The molecule has 0 spiro atoms. The maximum Gasteiger partial charge on any atom is 0.295 e. The van der Waals surface area contributed by atoms with Gasteiger partial charge in [-0.25, -0.2) is 9.67 Å². The highest BCUT2D eigenvalue weighted by molar-refractivity contribution is 7.90. The molecule has 3 aromatic rings. The van der Waals surface area contributed by atoms with E-state index in [-0.39, 0.29) is 27.4 Å². The molecule has 44 heavy (non-hydrogen) atoms. The molecule has 3 fully saturated rings. The summed E-state index contributed by atoms with van der Waals surface area (Å²) in [7, 11) is 0. The summed E-state index contributed by atoms with van der Waals surface area (Å²) in [6.07, 6.45) is 9.41. The molecule has 2 atom stereocenters. The standard InChI is InChI=1S/C31H40ClN7O4S/c1-31(2)18-22(19-34-31)42-17-14-33-25-4-3-5-28(35-25)44(41)38-30(40)24-10-11-26(36-29(24)32)39-15-12-27(37-39)43-16-13-23(20-6-7-20)21-8-9-21/h3-5,10-12,15,20-23,34H,6-9,13-14,16-19H2,1-2H3,(H,33,35)(H,38,40). The van der Waals surface area contributed by atoms with Gasteiger partial charge in [0.05, 0.1) is 24.9 Å². The third-order valence-electron chi connectivity index (χ3n) is 8.44. The number of hydrogen-bond donors (Lipinski definition) is 3. The first-order chi connectivity index (χ1) is 21.2. The molecule has 2 unspecified atom stereocenters. The molecule has 4 heterocycles. The van der Waals surface area contributed by atoms with E-state index in [1.165, 1.54) is 31.7 Å². The van der Waals surface area contributed by atoms with Crippen LogP contribution in [0.2, 0.25) is 5.15 Å². The Labute approximate surface area is 266 Å². The van der Waals surface area contributed by atoms with Crippen molar-refractivity contribution < 1.29 is 18.8 Å². The Morgan fingerprint density at radius 3 is 2.66 bits per heavy atom. The van der Waals surface area contributed by atoms with Crippen LogP contribution in [-0.2, 0) is 16.1 Å². The lowest BCUT2D eigenvalue weighted by Crippen LogP contribution is -2.31. The van der Waals surface area contributed by atoms with Crippen molar-refractivity contribution in [1.29, 1.82) is 0 Å². The highest BCUT2D eigenvalue weighted by atomic mass is 35.5. The van der Waals surface area contributed by atoms with E-state index in [0.29, 0.717) is 37.3 Å². The average Bonchev–Trinajstić information content (AvgIpc) is 3.94. The number of ether oxygens (including phenoxy) is 2. The van der Waals surface area contributed by atoms with Gasteiger partial charge in [-0.05, 0) is 88.3 Å².